The zero-order chi connectivity index (χ0) is 15.8. The van der Waals surface area contributed by atoms with E-state index in [1.54, 1.807) is 13.8 Å². The number of aromatic nitrogens is 2. The van der Waals surface area contributed by atoms with Gasteiger partial charge < -0.3 is 4.74 Å². The molecule has 1 N–H and O–H groups in total. The first-order valence-electron chi connectivity index (χ1n) is 6.56. The lowest BCUT2D eigenvalue weighted by Gasteiger charge is -2.18. The van der Waals surface area contributed by atoms with Gasteiger partial charge >= 0.3 is 0 Å². The number of nitrogens with zero attached hydrogens (tertiary/aromatic N) is 2. The highest BCUT2D eigenvalue weighted by molar-refractivity contribution is 7.90. The van der Waals surface area contributed by atoms with Crippen molar-refractivity contribution in [1.29, 1.82) is 0 Å². The number of ether oxygens (including phenoxy) is 1. The Bertz CT molecular complexity index is 658. The molecule has 1 aliphatic heterocycles. The first-order chi connectivity index (χ1) is 9.74. The molecule has 1 saturated heterocycles. The van der Waals surface area contributed by atoms with Gasteiger partial charge in [-0.2, -0.15) is 13.5 Å². The minimum atomic E-state index is -3.95. The van der Waals surface area contributed by atoms with Gasteiger partial charge in [0.05, 0.1) is 18.2 Å². The maximum atomic E-state index is 12.3. The maximum Gasteiger partial charge on any atom is 0.281 e. The molecular weight excluding hydrogens is 294 g/mol. The normalized spacial score (nSPS) is 22.2. The predicted molar refractivity (Wildman–Crippen MR) is 75.9 cm³/mol. The number of sulfonamides is 1. The summed E-state index contributed by atoms with van der Waals surface area (Å²) in [5.74, 6) is -1.10. The Balaban J connectivity index is 2.21. The molecule has 1 aromatic heterocycles. The average molecular weight is 313 g/mol. The van der Waals surface area contributed by atoms with E-state index in [2.05, 4.69) is 16.4 Å². The van der Waals surface area contributed by atoms with Crippen LogP contribution in [0.15, 0.2) is 23.4 Å². The predicted octanol–water partition coefficient (Wildman–Crippen LogP) is 0.515. The molecule has 2 heterocycles. The van der Waals surface area contributed by atoms with Crippen LogP contribution < -0.4 is 4.72 Å². The van der Waals surface area contributed by atoms with Crippen molar-refractivity contribution in [3.63, 3.8) is 0 Å². The second kappa shape index (κ2) is 5.61. The molecule has 0 aliphatic carbocycles. The Morgan fingerprint density at radius 1 is 1.57 bits per heavy atom. The summed E-state index contributed by atoms with van der Waals surface area (Å²) < 4.78 is 33.4. The van der Waals surface area contributed by atoms with Crippen LogP contribution in [0.25, 0.3) is 0 Å². The van der Waals surface area contributed by atoms with Crippen LogP contribution in [0.4, 0.5) is 0 Å². The molecule has 0 radical (unpaired) electrons. The topological polar surface area (TPSA) is 90.3 Å². The third kappa shape index (κ3) is 3.01. The van der Waals surface area contributed by atoms with Crippen LogP contribution in [0.2, 0.25) is 0 Å². The quantitative estimate of drug-likeness (QED) is 0.818. The molecule has 0 aromatic carbocycles. The molecule has 0 spiro atoms. The summed E-state index contributed by atoms with van der Waals surface area (Å²) in [7, 11) is -2.43. The van der Waals surface area contributed by atoms with Gasteiger partial charge in [0, 0.05) is 19.2 Å². The minimum Gasteiger partial charge on any atom is -0.373 e. The van der Waals surface area contributed by atoms with Crippen molar-refractivity contribution in [2.45, 2.75) is 31.4 Å². The van der Waals surface area contributed by atoms with Crippen LogP contribution >= 0.6 is 0 Å². The van der Waals surface area contributed by atoms with E-state index in [0.717, 1.165) is 0 Å². The molecule has 2 rings (SSSR count). The van der Waals surface area contributed by atoms with Crippen molar-refractivity contribution in [2.24, 2.45) is 13.0 Å². The Kier molecular flexibility index (Phi) is 4.20. The van der Waals surface area contributed by atoms with E-state index in [1.807, 2.05) is 0 Å². The largest absolute Gasteiger partial charge is 0.373 e. The van der Waals surface area contributed by atoms with E-state index in [0.29, 0.717) is 24.2 Å². The summed E-state index contributed by atoms with van der Waals surface area (Å²) >= 11 is 0. The molecular formula is C13H19N3O4S. The fraction of sp³-hybridized carbons (Fsp3) is 0.538. The van der Waals surface area contributed by atoms with Crippen molar-refractivity contribution < 1.29 is 17.9 Å². The van der Waals surface area contributed by atoms with Gasteiger partial charge in [-0.25, -0.2) is 4.72 Å². The lowest BCUT2D eigenvalue weighted by Crippen LogP contribution is -2.40. The van der Waals surface area contributed by atoms with Gasteiger partial charge in [-0.15, -0.1) is 0 Å². The summed E-state index contributed by atoms with van der Waals surface area (Å²) in [4.78, 5) is 12.3. The van der Waals surface area contributed by atoms with Crippen molar-refractivity contribution in [2.75, 3.05) is 6.61 Å². The third-order valence-corrected chi connectivity index (χ3v) is 5.02. The van der Waals surface area contributed by atoms with E-state index in [1.165, 1.54) is 17.9 Å². The van der Waals surface area contributed by atoms with Crippen molar-refractivity contribution in [1.82, 2.24) is 14.5 Å². The highest BCUT2D eigenvalue weighted by atomic mass is 32.2. The summed E-state index contributed by atoms with van der Waals surface area (Å²) in [6, 6.07) is 0. The lowest BCUT2D eigenvalue weighted by atomic mass is 9.96. The molecule has 0 saturated carbocycles. The minimum absolute atomic E-state index is 0.0124. The van der Waals surface area contributed by atoms with Gasteiger partial charge in [-0.3, -0.25) is 9.48 Å². The Morgan fingerprint density at radius 2 is 2.24 bits per heavy atom. The lowest BCUT2D eigenvalue weighted by molar-refractivity contribution is -0.124. The van der Waals surface area contributed by atoms with Gasteiger partial charge in [0.25, 0.3) is 10.0 Å². The third-order valence-electron chi connectivity index (χ3n) is 3.46. The number of nitrogens with one attached hydrogen (secondary N) is 1. The number of hydrogen-bond acceptors (Lipinski definition) is 5. The summed E-state index contributed by atoms with van der Waals surface area (Å²) in [6.07, 6.45) is 1.48. The number of hydrogen-bond donors (Lipinski definition) is 1. The molecule has 1 amide bonds. The number of carbonyl (C=O) groups excluding carboxylic acids is 1. The standard InChI is InChI=1S/C13H19N3O4S/c1-8(2)11-10(5-6-20-11)12(17)15-21(18,19)13-9(3)7-14-16(13)4/h7,10-11H,1,5-6H2,2-4H3,(H,15,17)/t10-,11-/m0/s1. The molecule has 0 unspecified atom stereocenters. The van der Waals surface area contributed by atoms with Crippen molar-refractivity contribution in [3.8, 4) is 0 Å². The summed E-state index contributed by atoms with van der Waals surface area (Å²) in [5.41, 5.74) is 1.19. The second-order valence-corrected chi connectivity index (χ2v) is 6.86. The molecule has 1 fully saturated rings. The monoisotopic (exact) mass is 313 g/mol. The zero-order valence-electron chi connectivity index (χ0n) is 12.3. The number of rotatable bonds is 4. The molecule has 0 bridgehead atoms. The van der Waals surface area contributed by atoms with E-state index in [4.69, 9.17) is 4.74 Å². The van der Waals surface area contributed by atoms with Crippen LogP contribution in [0.3, 0.4) is 0 Å². The van der Waals surface area contributed by atoms with Gasteiger partial charge in [-0.1, -0.05) is 12.2 Å². The summed E-state index contributed by atoms with van der Waals surface area (Å²) in [6.45, 7) is 7.58. The number of carbonyl (C=O) groups is 1. The van der Waals surface area contributed by atoms with E-state index < -0.39 is 28.0 Å². The smallest absolute Gasteiger partial charge is 0.281 e. The van der Waals surface area contributed by atoms with E-state index in [9.17, 15) is 13.2 Å². The van der Waals surface area contributed by atoms with Crippen LogP contribution in [-0.4, -0.2) is 36.8 Å². The van der Waals surface area contributed by atoms with Gasteiger partial charge in [0.15, 0.2) is 5.03 Å². The first kappa shape index (κ1) is 15.7. The molecule has 1 aromatic rings. The van der Waals surface area contributed by atoms with Crippen LogP contribution in [0.1, 0.15) is 18.9 Å². The highest BCUT2D eigenvalue weighted by Crippen LogP contribution is 2.26. The number of amides is 1. The first-order valence-corrected chi connectivity index (χ1v) is 8.04. The van der Waals surface area contributed by atoms with Gasteiger partial charge in [0.2, 0.25) is 5.91 Å². The van der Waals surface area contributed by atoms with E-state index >= 15 is 0 Å². The van der Waals surface area contributed by atoms with Crippen LogP contribution in [-0.2, 0) is 26.6 Å². The average Bonchev–Trinajstić information content (AvgIpc) is 2.95. The van der Waals surface area contributed by atoms with Crippen LogP contribution in [0.5, 0.6) is 0 Å². The van der Waals surface area contributed by atoms with Crippen molar-refractivity contribution in [3.05, 3.63) is 23.9 Å². The number of aryl methyl sites for hydroxylation is 2. The fourth-order valence-electron chi connectivity index (χ4n) is 2.52. The highest BCUT2D eigenvalue weighted by Gasteiger charge is 2.37. The molecule has 21 heavy (non-hydrogen) atoms. The molecule has 1 aliphatic rings. The Labute approximate surface area is 124 Å². The van der Waals surface area contributed by atoms with Gasteiger partial charge in [-0.05, 0) is 20.3 Å². The summed E-state index contributed by atoms with van der Waals surface area (Å²) in [5, 5.41) is 3.87. The molecule has 7 nitrogen and oxygen atoms in total. The van der Waals surface area contributed by atoms with Gasteiger partial charge in [0.1, 0.15) is 0 Å². The second-order valence-electron chi connectivity index (χ2n) is 5.26. The fourth-order valence-corrected chi connectivity index (χ4v) is 3.91. The maximum absolute atomic E-state index is 12.3. The van der Waals surface area contributed by atoms with Crippen molar-refractivity contribution >= 4 is 15.9 Å². The molecule has 8 heteroatoms. The zero-order valence-corrected chi connectivity index (χ0v) is 13.1. The van der Waals surface area contributed by atoms with E-state index in [-0.39, 0.29) is 5.03 Å². The Morgan fingerprint density at radius 3 is 2.76 bits per heavy atom. The SMILES string of the molecule is C=C(C)[C@@H]1OCC[C@@H]1C(=O)NS(=O)(=O)c1c(C)cnn1C. The molecule has 2 atom stereocenters. The Hall–Kier alpha value is -1.67. The molecule has 116 valence electrons. The van der Waals surface area contributed by atoms with Crippen LogP contribution in [0, 0.1) is 12.8 Å².